The van der Waals surface area contributed by atoms with Crippen molar-refractivity contribution in [2.45, 2.75) is 25.6 Å². The van der Waals surface area contributed by atoms with Crippen molar-refractivity contribution in [1.29, 1.82) is 0 Å². The van der Waals surface area contributed by atoms with Gasteiger partial charge in [0.25, 0.3) is 0 Å². The molecule has 104 valence electrons. The van der Waals surface area contributed by atoms with Crippen LogP contribution >= 0.6 is 11.8 Å². The highest BCUT2D eigenvalue weighted by atomic mass is 32.2. The number of carbonyl (C=O) groups excluding carboxylic acids is 2. The first-order valence-electron chi connectivity index (χ1n) is 6.00. The van der Waals surface area contributed by atoms with Crippen molar-refractivity contribution in [2.24, 2.45) is 5.92 Å². The summed E-state index contributed by atoms with van der Waals surface area (Å²) in [5.74, 6) is -1.40. The van der Waals surface area contributed by atoms with Gasteiger partial charge in [0.1, 0.15) is 12.3 Å². The van der Waals surface area contributed by atoms with E-state index in [1.165, 1.54) is 23.6 Å². The molecular weight excluding hydrogens is 270 g/mol. The first-order chi connectivity index (χ1) is 8.97. The van der Waals surface area contributed by atoms with Gasteiger partial charge in [-0.2, -0.15) is 0 Å². The molecule has 2 aliphatic rings. The molecule has 0 bridgehead atoms. The maximum absolute atomic E-state index is 11.9. The predicted molar refractivity (Wildman–Crippen MR) is 68.2 cm³/mol. The van der Waals surface area contributed by atoms with Crippen LogP contribution in [-0.4, -0.2) is 45.6 Å². The molecule has 0 spiro atoms. The molecule has 2 atom stereocenters. The Balaban J connectivity index is 2.25. The number of carboxylic acid groups (broad SMARTS) is 1. The molecule has 1 amide bonds. The molecule has 6 nitrogen and oxygen atoms in total. The summed E-state index contributed by atoms with van der Waals surface area (Å²) >= 11 is 1.52. The molecule has 0 aromatic carbocycles. The third-order valence-corrected chi connectivity index (χ3v) is 4.65. The second-order valence-electron chi connectivity index (χ2n) is 4.46. The summed E-state index contributed by atoms with van der Waals surface area (Å²) in [7, 11) is 0. The maximum Gasteiger partial charge on any atom is 0.352 e. The number of carboxylic acids is 1. The third-order valence-electron chi connectivity index (χ3n) is 3.25. The first-order valence-corrected chi connectivity index (χ1v) is 7.05. The van der Waals surface area contributed by atoms with Crippen LogP contribution in [0.1, 0.15) is 20.3 Å². The van der Waals surface area contributed by atoms with Gasteiger partial charge in [-0.15, -0.1) is 11.8 Å². The van der Waals surface area contributed by atoms with Crippen LogP contribution in [0, 0.1) is 5.92 Å². The van der Waals surface area contributed by atoms with E-state index >= 15 is 0 Å². The van der Waals surface area contributed by atoms with Gasteiger partial charge in [-0.1, -0.05) is 6.92 Å². The highest BCUT2D eigenvalue weighted by molar-refractivity contribution is 8.00. The second kappa shape index (κ2) is 5.24. The lowest BCUT2D eigenvalue weighted by molar-refractivity contribution is -0.152. The van der Waals surface area contributed by atoms with Gasteiger partial charge in [0.15, 0.2) is 0 Å². The minimum Gasteiger partial charge on any atom is -0.477 e. The van der Waals surface area contributed by atoms with E-state index in [9.17, 15) is 19.5 Å². The van der Waals surface area contributed by atoms with Crippen molar-refractivity contribution >= 4 is 29.6 Å². The maximum atomic E-state index is 11.9. The monoisotopic (exact) mass is 285 g/mol. The quantitative estimate of drug-likeness (QED) is 0.608. The summed E-state index contributed by atoms with van der Waals surface area (Å²) in [5, 5.41) is 9.18. The largest absolute Gasteiger partial charge is 0.477 e. The Kier molecular flexibility index (Phi) is 3.84. The summed E-state index contributed by atoms with van der Waals surface area (Å²) in [6, 6.07) is 0. The predicted octanol–water partition coefficient (Wildman–Crippen LogP) is 0.830. The van der Waals surface area contributed by atoms with E-state index in [0.29, 0.717) is 17.7 Å². The molecule has 1 fully saturated rings. The molecule has 1 N–H and O–H groups in total. The molecule has 0 radical (unpaired) electrons. The fourth-order valence-corrected chi connectivity index (χ4v) is 3.80. The number of carbonyl (C=O) groups is 3. The lowest BCUT2D eigenvalue weighted by Crippen LogP contribution is -2.61. The highest BCUT2D eigenvalue weighted by Crippen LogP contribution is 2.44. The zero-order valence-electron chi connectivity index (χ0n) is 10.7. The number of fused-ring (bicyclic) bond motifs is 1. The molecule has 0 aromatic rings. The summed E-state index contributed by atoms with van der Waals surface area (Å²) in [5.41, 5.74) is 0.464. The molecule has 0 aromatic heterocycles. The Morgan fingerprint density at radius 1 is 1.53 bits per heavy atom. The average Bonchev–Trinajstić information content (AvgIpc) is 2.35. The van der Waals surface area contributed by atoms with Crippen molar-refractivity contribution in [3.8, 4) is 0 Å². The molecule has 2 rings (SSSR count). The highest BCUT2D eigenvalue weighted by Gasteiger charge is 2.52. The van der Waals surface area contributed by atoms with Crippen molar-refractivity contribution in [2.75, 3.05) is 12.4 Å². The van der Waals surface area contributed by atoms with Gasteiger partial charge >= 0.3 is 11.9 Å². The number of thioether (sulfide) groups is 1. The number of ether oxygens (including phenoxy) is 1. The van der Waals surface area contributed by atoms with Crippen molar-refractivity contribution in [3.63, 3.8) is 0 Å². The fourth-order valence-electron chi connectivity index (χ4n) is 2.31. The van der Waals surface area contributed by atoms with Crippen LogP contribution in [0.4, 0.5) is 0 Å². The Morgan fingerprint density at radius 3 is 2.74 bits per heavy atom. The van der Waals surface area contributed by atoms with E-state index in [1.54, 1.807) is 0 Å². The number of esters is 1. The standard InChI is InChI=1S/C12H15NO5S/c1-3-8-10(15)13-9(12(16)17)7(4-18-6(2)14)5-19-11(8)13/h8,11H,3-5H2,1-2H3,(H,16,17)/t8-,11-/m1/s1. The average molecular weight is 285 g/mol. The molecule has 7 heteroatoms. The number of amides is 1. The number of β-lactam (4-membered cyclic amide) rings is 1. The number of hydrogen-bond donors (Lipinski definition) is 1. The smallest absolute Gasteiger partial charge is 0.352 e. The third kappa shape index (κ3) is 2.34. The summed E-state index contributed by atoms with van der Waals surface area (Å²) in [6.45, 7) is 3.11. The Morgan fingerprint density at radius 2 is 2.21 bits per heavy atom. The van der Waals surface area contributed by atoms with Crippen molar-refractivity contribution in [3.05, 3.63) is 11.3 Å². The van der Waals surface area contributed by atoms with Crippen LogP contribution in [0.3, 0.4) is 0 Å². The SMILES string of the molecule is CC[C@@H]1C(=O)N2C(C(=O)O)=C(COC(C)=O)CS[C@H]12. The summed E-state index contributed by atoms with van der Waals surface area (Å²) < 4.78 is 4.85. The van der Waals surface area contributed by atoms with Crippen LogP contribution in [-0.2, 0) is 19.1 Å². The number of nitrogens with zero attached hydrogens (tertiary/aromatic N) is 1. The van der Waals surface area contributed by atoms with Gasteiger partial charge in [0.05, 0.1) is 11.3 Å². The molecule has 1 saturated heterocycles. The topological polar surface area (TPSA) is 83.9 Å². The second-order valence-corrected chi connectivity index (χ2v) is 5.57. The van der Waals surface area contributed by atoms with Gasteiger partial charge in [-0.3, -0.25) is 14.5 Å². The molecular formula is C12H15NO5S. The Labute approximate surface area is 114 Å². The summed E-state index contributed by atoms with van der Waals surface area (Å²) in [4.78, 5) is 35.4. The number of aliphatic carboxylic acids is 1. The summed E-state index contributed by atoms with van der Waals surface area (Å²) in [6.07, 6.45) is 0.708. The number of rotatable bonds is 4. The van der Waals surface area contributed by atoms with Crippen LogP contribution in [0.2, 0.25) is 0 Å². The molecule has 0 unspecified atom stereocenters. The molecule has 0 saturated carbocycles. The zero-order chi connectivity index (χ0) is 14.2. The van der Waals surface area contributed by atoms with Gasteiger partial charge in [0, 0.05) is 18.2 Å². The van der Waals surface area contributed by atoms with E-state index in [-0.39, 0.29) is 29.5 Å². The lowest BCUT2D eigenvalue weighted by atomic mass is 9.93. The van der Waals surface area contributed by atoms with E-state index in [4.69, 9.17) is 4.74 Å². The van der Waals surface area contributed by atoms with Gasteiger partial charge in [-0.05, 0) is 6.42 Å². The normalized spacial score (nSPS) is 25.8. The minimum absolute atomic E-state index is 0.0142. The van der Waals surface area contributed by atoms with Gasteiger partial charge in [0.2, 0.25) is 5.91 Å². The van der Waals surface area contributed by atoms with E-state index in [0.717, 1.165) is 0 Å². The van der Waals surface area contributed by atoms with Gasteiger partial charge < -0.3 is 9.84 Å². The van der Waals surface area contributed by atoms with E-state index in [1.807, 2.05) is 6.92 Å². The van der Waals surface area contributed by atoms with Crippen molar-refractivity contribution < 1.29 is 24.2 Å². The van der Waals surface area contributed by atoms with E-state index < -0.39 is 11.9 Å². The van der Waals surface area contributed by atoms with Gasteiger partial charge in [-0.25, -0.2) is 4.79 Å². The zero-order valence-corrected chi connectivity index (χ0v) is 11.5. The van der Waals surface area contributed by atoms with Crippen LogP contribution in [0.5, 0.6) is 0 Å². The molecule has 19 heavy (non-hydrogen) atoms. The lowest BCUT2D eigenvalue weighted by Gasteiger charge is -2.49. The molecule has 2 aliphatic heterocycles. The van der Waals surface area contributed by atoms with E-state index in [2.05, 4.69) is 0 Å². The Bertz CT molecular complexity index is 473. The molecule has 2 heterocycles. The van der Waals surface area contributed by atoms with Crippen LogP contribution in [0.25, 0.3) is 0 Å². The van der Waals surface area contributed by atoms with Crippen LogP contribution in [0.15, 0.2) is 11.3 Å². The van der Waals surface area contributed by atoms with Crippen molar-refractivity contribution in [1.82, 2.24) is 4.90 Å². The molecule has 0 aliphatic carbocycles. The minimum atomic E-state index is -1.14. The fraction of sp³-hybridized carbons (Fsp3) is 0.583. The first kappa shape index (κ1) is 13.9. The number of hydrogen-bond acceptors (Lipinski definition) is 5. The Hall–Kier alpha value is -1.50. The van der Waals surface area contributed by atoms with Crippen LogP contribution < -0.4 is 0 Å².